The van der Waals surface area contributed by atoms with E-state index in [1.807, 2.05) is 65.4 Å². The van der Waals surface area contributed by atoms with Gasteiger partial charge >= 0.3 is 6.18 Å². The van der Waals surface area contributed by atoms with E-state index in [9.17, 15) is 13.2 Å². The summed E-state index contributed by atoms with van der Waals surface area (Å²) in [4.78, 5) is 9.31. The SMILES string of the molecule is FC(F)(F)c1ccc(-c2nc(-n3ccc4ccccc43)c3ccccc3n2)cc1. The maximum atomic E-state index is 12.9. The van der Waals surface area contributed by atoms with Crippen LogP contribution in [0.5, 0.6) is 0 Å². The van der Waals surface area contributed by atoms with Gasteiger partial charge in [0.05, 0.1) is 16.6 Å². The zero-order chi connectivity index (χ0) is 20.0. The summed E-state index contributed by atoms with van der Waals surface area (Å²) >= 11 is 0. The number of nitrogens with zero attached hydrogens (tertiary/aromatic N) is 3. The molecule has 0 bridgehead atoms. The molecule has 142 valence electrons. The third-order valence-corrected chi connectivity index (χ3v) is 4.88. The number of halogens is 3. The van der Waals surface area contributed by atoms with Crippen molar-refractivity contribution in [1.29, 1.82) is 0 Å². The highest BCUT2D eigenvalue weighted by atomic mass is 19.4. The molecule has 3 aromatic carbocycles. The Morgan fingerprint density at radius 1 is 0.724 bits per heavy atom. The minimum atomic E-state index is -4.38. The van der Waals surface area contributed by atoms with Crippen molar-refractivity contribution < 1.29 is 13.2 Å². The first kappa shape index (κ1) is 17.4. The predicted molar refractivity (Wildman–Crippen MR) is 107 cm³/mol. The summed E-state index contributed by atoms with van der Waals surface area (Å²) in [6, 6.07) is 22.5. The Kier molecular flexibility index (Phi) is 3.87. The van der Waals surface area contributed by atoms with Crippen molar-refractivity contribution in [1.82, 2.24) is 14.5 Å². The number of alkyl halides is 3. The second kappa shape index (κ2) is 6.44. The fourth-order valence-electron chi connectivity index (χ4n) is 3.45. The average molecular weight is 389 g/mol. The first-order chi connectivity index (χ1) is 14.0. The molecule has 5 rings (SSSR count). The van der Waals surface area contributed by atoms with Gasteiger partial charge in [-0.15, -0.1) is 0 Å². The van der Waals surface area contributed by atoms with Crippen molar-refractivity contribution in [2.24, 2.45) is 0 Å². The molecule has 0 aliphatic rings. The summed E-state index contributed by atoms with van der Waals surface area (Å²) in [5.41, 5.74) is 1.56. The van der Waals surface area contributed by atoms with Gasteiger partial charge in [-0.1, -0.05) is 42.5 Å². The van der Waals surface area contributed by atoms with Crippen LogP contribution in [0.1, 0.15) is 5.56 Å². The lowest BCUT2D eigenvalue weighted by molar-refractivity contribution is -0.137. The van der Waals surface area contributed by atoms with Crippen LogP contribution >= 0.6 is 0 Å². The lowest BCUT2D eigenvalue weighted by Gasteiger charge is -2.12. The van der Waals surface area contributed by atoms with E-state index in [1.54, 1.807) is 0 Å². The molecule has 0 aliphatic carbocycles. The van der Waals surface area contributed by atoms with E-state index in [0.717, 1.165) is 33.9 Å². The molecule has 0 radical (unpaired) electrons. The molecule has 0 spiro atoms. The number of fused-ring (bicyclic) bond motifs is 2. The Balaban J connectivity index is 1.73. The third-order valence-electron chi connectivity index (χ3n) is 4.88. The number of hydrogen-bond acceptors (Lipinski definition) is 2. The maximum Gasteiger partial charge on any atom is 0.416 e. The highest BCUT2D eigenvalue weighted by Crippen LogP contribution is 2.31. The van der Waals surface area contributed by atoms with Crippen molar-refractivity contribution in [2.75, 3.05) is 0 Å². The fourth-order valence-corrected chi connectivity index (χ4v) is 3.45. The lowest BCUT2D eigenvalue weighted by Crippen LogP contribution is -2.05. The Labute approximate surface area is 164 Å². The van der Waals surface area contributed by atoms with Gasteiger partial charge in [0.25, 0.3) is 0 Å². The van der Waals surface area contributed by atoms with Crippen molar-refractivity contribution in [3.8, 4) is 17.2 Å². The molecule has 3 nitrogen and oxygen atoms in total. The van der Waals surface area contributed by atoms with Gasteiger partial charge in [-0.25, -0.2) is 9.97 Å². The van der Waals surface area contributed by atoms with Crippen molar-refractivity contribution in [2.45, 2.75) is 6.18 Å². The Morgan fingerprint density at radius 3 is 2.24 bits per heavy atom. The molecular weight excluding hydrogens is 375 g/mol. The largest absolute Gasteiger partial charge is 0.416 e. The summed E-state index contributed by atoms with van der Waals surface area (Å²) in [5.74, 6) is 1.07. The van der Waals surface area contributed by atoms with E-state index < -0.39 is 11.7 Å². The van der Waals surface area contributed by atoms with Gasteiger partial charge in [-0.3, -0.25) is 0 Å². The van der Waals surface area contributed by atoms with Gasteiger partial charge in [0.2, 0.25) is 0 Å². The first-order valence-electron chi connectivity index (χ1n) is 9.01. The topological polar surface area (TPSA) is 30.7 Å². The van der Waals surface area contributed by atoms with Crippen LogP contribution in [-0.4, -0.2) is 14.5 Å². The zero-order valence-corrected chi connectivity index (χ0v) is 15.1. The van der Waals surface area contributed by atoms with E-state index in [2.05, 4.69) is 4.98 Å². The normalized spacial score (nSPS) is 12.0. The van der Waals surface area contributed by atoms with Gasteiger partial charge in [0.15, 0.2) is 5.82 Å². The Bertz CT molecular complexity index is 1340. The van der Waals surface area contributed by atoms with Crippen LogP contribution in [0.3, 0.4) is 0 Å². The molecule has 5 aromatic rings. The van der Waals surface area contributed by atoms with Crippen molar-refractivity contribution in [3.05, 3.63) is 90.6 Å². The monoisotopic (exact) mass is 389 g/mol. The van der Waals surface area contributed by atoms with Crippen LogP contribution in [-0.2, 0) is 6.18 Å². The molecule has 0 fully saturated rings. The van der Waals surface area contributed by atoms with Crippen LogP contribution < -0.4 is 0 Å². The molecule has 2 heterocycles. The molecule has 0 atom stereocenters. The van der Waals surface area contributed by atoms with Crippen LogP contribution in [0, 0.1) is 0 Å². The molecule has 0 unspecified atom stereocenters. The number of para-hydroxylation sites is 2. The predicted octanol–water partition coefficient (Wildman–Crippen LogP) is 6.26. The first-order valence-corrected chi connectivity index (χ1v) is 9.01. The minimum Gasteiger partial charge on any atom is -0.301 e. The van der Waals surface area contributed by atoms with E-state index in [-0.39, 0.29) is 0 Å². The van der Waals surface area contributed by atoms with Gasteiger partial charge in [-0.2, -0.15) is 13.2 Å². The zero-order valence-electron chi connectivity index (χ0n) is 15.1. The summed E-state index contributed by atoms with van der Waals surface area (Å²) in [7, 11) is 0. The smallest absolute Gasteiger partial charge is 0.301 e. The Morgan fingerprint density at radius 2 is 1.45 bits per heavy atom. The van der Waals surface area contributed by atoms with Crippen LogP contribution in [0.2, 0.25) is 0 Å². The van der Waals surface area contributed by atoms with Crippen LogP contribution in [0.25, 0.3) is 39.0 Å². The average Bonchev–Trinajstić information content (AvgIpc) is 3.16. The summed E-state index contributed by atoms with van der Waals surface area (Å²) in [6.45, 7) is 0. The number of benzene rings is 3. The number of rotatable bonds is 2. The molecule has 2 aromatic heterocycles. The fraction of sp³-hybridized carbons (Fsp3) is 0.0435. The molecule has 6 heteroatoms. The van der Waals surface area contributed by atoms with Crippen molar-refractivity contribution >= 4 is 21.8 Å². The quantitative estimate of drug-likeness (QED) is 0.357. The Hall–Kier alpha value is -3.67. The van der Waals surface area contributed by atoms with Crippen LogP contribution in [0.4, 0.5) is 13.2 Å². The summed E-state index contributed by atoms with van der Waals surface area (Å²) in [5, 5.41) is 1.94. The molecular formula is C23H14F3N3. The molecule has 29 heavy (non-hydrogen) atoms. The van der Waals surface area contributed by atoms with E-state index >= 15 is 0 Å². The highest BCUT2D eigenvalue weighted by molar-refractivity contribution is 5.90. The summed E-state index contributed by atoms with van der Waals surface area (Å²) in [6.07, 6.45) is -2.44. The number of aromatic nitrogens is 3. The van der Waals surface area contributed by atoms with Gasteiger partial charge in [-0.05, 0) is 41.8 Å². The second-order valence-corrected chi connectivity index (χ2v) is 6.71. The van der Waals surface area contributed by atoms with Gasteiger partial charge in [0, 0.05) is 17.1 Å². The summed E-state index contributed by atoms with van der Waals surface area (Å²) < 4.78 is 40.7. The second-order valence-electron chi connectivity index (χ2n) is 6.71. The van der Waals surface area contributed by atoms with Crippen LogP contribution in [0.15, 0.2) is 85.1 Å². The minimum absolute atomic E-state index is 0.380. The van der Waals surface area contributed by atoms with Gasteiger partial charge in [0.1, 0.15) is 5.82 Å². The van der Waals surface area contributed by atoms with Gasteiger partial charge < -0.3 is 4.57 Å². The molecule has 0 amide bonds. The molecule has 0 N–H and O–H groups in total. The van der Waals surface area contributed by atoms with E-state index in [1.165, 1.54) is 12.1 Å². The van der Waals surface area contributed by atoms with E-state index in [0.29, 0.717) is 17.2 Å². The highest BCUT2D eigenvalue weighted by Gasteiger charge is 2.30. The molecule has 0 aliphatic heterocycles. The third kappa shape index (κ3) is 3.02. The van der Waals surface area contributed by atoms with Crippen molar-refractivity contribution in [3.63, 3.8) is 0 Å². The van der Waals surface area contributed by atoms with E-state index in [4.69, 9.17) is 4.98 Å². The molecule has 0 saturated carbocycles. The lowest BCUT2D eigenvalue weighted by atomic mass is 10.1. The standard InChI is InChI=1S/C23H14F3N3/c24-23(25,26)17-11-9-16(10-12-17)21-27-19-7-3-2-6-18(19)22(28-21)29-14-13-15-5-1-4-8-20(15)29/h1-14H. The molecule has 0 saturated heterocycles. The number of hydrogen-bond donors (Lipinski definition) is 0. The maximum absolute atomic E-state index is 12.9.